The van der Waals surface area contributed by atoms with Gasteiger partial charge in [-0.2, -0.15) is 0 Å². The monoisotopic (exact) mass is 385 g/mol. The molecule has 1 aliphatic rings. The highest BCUT2D eigenvalue weighted by Crippen LogP contribution is 2.41. The highest BCUT2D eigenvalue weighted by molar-refractivity contribution is 6.08. The predicted molar refractivity (Wildman–Crippen MR) is 95.3 cm³/mol. The minimum atomic E-state index is -2.03. The smallest absolute Gasteiger partial charge is 0.333 e. The summed E-state index contributed by atoms with van der Waals surface area (Å²) >= 11 is 0. The van der Waals surface area contributed by atoms with E-state index in [1.165, 1.54) is 24.3 Å². The molecule has 9 heteroatoms. The van der Waals surface area contributed by atoms with Crippen molar-refractivity contribution in [3.8, 4) is 5.75 Å². The van der Waals surface area contributed by atoms with Crippen molar-refractivity contribution in [3.05, 3.63) is 75.8 Å². The quantitative estimate of drug-likeness (QED) is 0.193. The third kappa shape index (κ3) is 3.19. The molecule has 1 unspecified atom stereocenters. The number of fused-ring (bicyclic) bond motifs is 1. The molecule has 0 spiro atoms. The summed E-state index contributed by atoms with van der Waals surface area (Å²) in [5, 5.41) is 29.7. The molecule has 0 aromatic heterocycles. The number of nitrogens with zero attached hydrogens (tertiary/aromatic N) is 1. The van der Waals surface area contributed by atoms with E-state index in [0.29, 0.717) is 5.56 Å². The first kappa shape index (κ1) is 19.1. The van der Waals surface area contributed by atoms with Gasteiger partial charge in [0.1, 0.15) is 11.5 Å². The van der Waals surface area contributed by atoms with Gasteiger partial charge in [-0.15, -0.1) is 0 Å². The van der Waals surface area contributed by atoms with Crippen molar-refractivity contribution < 1.29 is 34.2 Å². The normalized spacial score (nSPS) is 17.8. The van der Waals surface area contributed by atoms with Crippen LogP contribution in [0.15, 0.2) is 54.6 Å². The first-order chi connectivity index (χ1) is 13.4. The van der Waals surface area contributed by atoms with Gasteiger partial charge >= 0.3 is 11.9 Å². The highest BCUT2D eigenvalue weighted by atomic mass is 16.6. The Morgan fingerprint density at radius 3 is 2.43 bits per heavy atom. The van der Waals surface area contributed by atoms with Crippen LogP contribution in [-0.4, -0.2) is 33.9 Å². The summed E-state index contributed by atoms with van der Waals surface area (Å²) in [6.45, 7) is -0.604. The van der Waals surface area contributed by atoms with Crippen molar-refractivity contribution in [3.63, 3.8) is 0 Å². The second-order valence-corrected chi connectivity index (χ2v) is 5.94. The third-order valence-electron chi connectivity index (χ3n) is 4.44. The summed E-state index contributed by atoms with van der Waals surface area (Å²) in [5.41, 5.74) is -1.70. The lowest BCUT2D eigenvalue weighted by Gasteiger charge is -2.32. The van der Waals surface area contributed by atoms with Crippen molar-refractivity contribution in [2.75, 3.05) is 6.79 Å². The fraction of sp³-hybridized carbons (Fsp3) is 0.158. The van der Waals surface area contributed by atoms with Gasteiger partial charge in [-0.3, -0.25) is 19.7 Å². The lowest BCUT2D eigenvalue weighted by Crippen LogP contribution is -2.47. The molecule has 0 saturated heterocycles. The number of ether oxygens (including phenoxy) is 2. The number of allylic oxidation sites excluding steroid dienone is 1. The van der Waals surface area contributed by atoms with E-state index in [4.69, 9.17) is 14.6 Å². The number of nitro benzene ring substituents is 1. The Balaban J connectivity index is 2.00. The molecule has 2 aromatic carbocycles. The van der Waals surface area contributed by atoms with Crippen LogP contribution < -0.4 is 4.74 Å². The number of carbonyl (C=O) groups is 2. The van der Waals surface area contributed by atoms with Crippen LogP contribution in [-0.2, 0) is 19.7 Å². The molecule has 0 bridgehead atoms. The molecule has 9 nitrogen and oxygen atoms in total. The molecule has 0 fully saturated rings. The van der Waals surface area contributed by atoms with Gasteiger partial charge in [-0.05, 0) is 23.8 Å². The zero-order valence-corrected chi connectivity index (χ0v) is 14.4. The number of esters is 1. The van der Waals surface area contributed by atoms with Gasteiger partial charge in [0.25, 0.3) is 5.69 Å². The number of nitro groups is 1. The molecular formula is C19H15NO8. The minimum Gasteiger partial charge on any atom is -0.480 e. The van der Waals surface area contributed by atoms with E-state index in [-0.39, 0.29) is 29.2 Å². The highest BCUT2D eigenvalue weighted by Gasteiger charge is 2.52. The zero-order chi connectivity index (χ0) is 20.3. The number of benzene rings is 2. The molecular weight excluding hydrogens is 370 g/mol. The lowest BCUT2D eigenvalue weighted by molar-refractivity contribution is -0.384. The van der Waals surface area contributed by atoms with Gasteiger partial charge in [0.2, 0.25) is 0 Å². The molecule has 0 heterocycles. The Morgan fingerprint density at radius 1 is 1.14 bits per heavy atom. The summed E-state index contributed by atoms with van der Waals surface area (Å²) < 4.78 is 10.4. The number of carboxylic acid groups (broad SMARTS) is 1. The minimum absolute atomic E-state index is 0.0184. The Hall–Kier alpha value is -3.72. The van der Waals surface area contributed by atoms with Crippen LogP contribution in [0.2, 0.25) is 0 Å². The Bertz CT molecular complexity index is 966. The Morgan fingerprint density at radius 2 is 1.82 bits per heavy atom. The van der Waals surface area contributed by atoms with Crippen molar-refractivity contribution in [1.29, 1.82) is 0 Å². The Kier molecular flexibility index (Phi) is 5.10. The number of non-ortho nitro benzene ring substituents is 1. The second kappa shape index (κ2) is 7.49. The van der Waals surface area contributed by atoms with E-state index in [1.54, 1.807) is 18.2 Å². The van der Waals surface area contributed by atoms with Gasteiger partial charge in [0, 0.05) is 24.1 Å². The SMILES string of the molecule is O=C(O)C1(C(=O)Oc2ccc([N+](=O)[O-])cc2)CC=C(OCO)c2ccccc21. The second-order valence-electron chi connectivity index (χ2n) is 5.94. The summed E-state index contributed by atoms with van der Waals surface area (Å²) in [6, 6.07) is 11.0. The van der Waals surface area contributed by atoms with Crippen LogP contribution in [0.25, 0.3) is 5.76 Å². The number of carboxylic acids is 1. The molecule has 1 aliphatic carbocycles. The van der Waals surface area contributed by atoms with E-state index < -0.39 is 29.1 Å². The fourth-order valence-corrected chi connectivity index (χ4v) is 3.06. The molecule has 2 N–H and O–H groups in total. The summed E-state index contributed by atoms with van der Waals surface area (Å²) in [5.74, 6) is -2.21. The molecule has 2 aromatic rings. The summed E-state index contributed by atoms with van der Waals surface area (Å²) in [7, 11) is 0. The standard InChI is InChI=1S/C19H15NO8/c21-11-27-16-9-10-19(17(22)23,15-4-2-1-3-14(15)16)18(24)28-13-7-5-12(6-8-13)20(25)26/h1-9,21H,10-11H2,(H,22,23). The maximum Gasteiger partial charge on any atom is 0.333 e. The number of aliphatic hydroxyl groups excluding tert-OH is 1. The molecule has 28 heavy (non-hydrogen) atoms. The molecule has 144 valence electrons. The number of hydrogen-bond acceptors (Lipinski definition) is 7. The van der Waals surface area contributed by atoms with E-state index >= 15 is 0 Å². The molecule has 0 aliphatic heterocycles. The Labute approximate surface area is 158 Å². The van der Waals surface area contributed by atoms with Crippen LogP contribution in [0.3, 0.4) is 0 Å². The van der Waals surface area contributed by atoms with Crippen molar-refractivity contribution in [2.45, 2.75) is 11.8 Å². The number of aliphatic hydroxyl groups is 1. The van der Waals surface area contributed by atoms with E-state index in [1.807, 2.05) is 0 Å². The van der Waals surface area contributed by atoms with E-state index in [9.17, 15) is 24.8 Å². The maximum absolute atomic E-state index is 12.9. The zero-order valence-electron chi connectivity index (χ0n) is 14.4. The van der Waals surface area contributed by atoms with Crippen LogP contribution in [0.1, 0.15) is 17.5 Å². The predicted octanol–water partition coefficient (Wildman–Crippen LogP) is 2.23. The number of aliphatic carboxylic acids is 1. The first-order valence-electron chi connectivity index (χ1n) is 8.14. The summed E-state index contributed by atoms with van der Waals surface area (Å²) in [4.78, 5) is 35.2. The van der Waals surface area contributed by atoms with Crippen LogP contribution in [0.5, 0.6) is 5.75 Å². The van der Waals surface area contributed by atoms with Gasteiger partial charge < -0.3 is 19.7 Å². The van der Waals surface area contributed by atoms with Gasteiger partial charge in [-0.25, -0.2) is 0 Å². The topological polar surface area (TPSA) is 136 Å². The van der Waals surface area contributed by atoms with Crippen LogP contribution in [0.4, 0.5) is 5.69 Å². The average Bonchev–Trinajstić information content (AvgIpc) is 2.68. The van der Waals surface area contributed by atoms with Crippen molar-refractivity contribution >= 4 is 23.4 Å². The molecule has 1 atom stereocenters. The van der Waals surface area contributed by atoms with Crippen LogP contribution >= 0.6 is 0 Å². The molecule has 3 rings (SSSR count). The summed E-state index contributed by atoms with van der Waals surface area (Å²) in [6.07, 6.45) is 1.16. The van der Waals surface area contributed by atoms with Gasteiger partial charge in [0.05, 0.1) is 4.92 Å². The fourth-order valence-electron chi connectivity index (χ4n) is 3.06. The molecule has 0 saturated carbocycles. The van der Waals surface area contributed by atoms with Gasteiger partial charge in [0.15, 0.2) is 12.2 Å². The van der Waals surface area contributed by atoms with E-state index in [2.05, 4.69) is 0 Å². The number of carbonyl (C=O) groups excluding carboxylic acids is 1. The molecule has 0 amide bonds. The van der Waals surface area contributed by atoms with Crippen molar-refractivity contribution in [1.82, 2.24) is 0 Å². The average molecular weight is 385 g/mol. The number of hydrogen-bond donors (Lipinski definition) is 2. The van der Waals surface area contributed by atoms with Gasteiger partial charge in [-0.1, -0.05) is 24.3 Å². The van der Waals surface area contributed by atoms with E-state index in [0.717, 1.165) is 12.1 Å². The molecule has 0 radical (unpaired) electrons. The lowest BCUT2D eigenvalue weighted by atomic mass is 9.72. The largest absolute Gasteiger partial charge is 0.480 e. The maximum atomic E-state index is 12.9. The van der Waals surface area contributed by atoms with Crippen molar-refractivity contribution in [2.24, 2.45) is 0 Å². The third-order valence-corrected chi connectivity index (χ3v) is 4.44. The first-order valence-corrected chi connectivity index (χ1v) is 8.14. The number of rotatable bonds is 6. The van der Waals surface area contributed by atoms with Crippen LogP contribution in [0, 0.1) is 10.1 Å².